The standard InChI is InChI=1S/C22H25N5O5S/c1-30-17-3-2-16(27-8-12-31-13-9-27)20-19(17)25-22(33-20)26-21(29)15-4-5-24-18(14-15)32-11-7-23-6-10-28/h2-5,10,14,23H,6-9,11-13H2,1H3,(H,25,26,29). The summed E-state index contributed by atoms with van der Waals surface area (Å²) in [6.45, 7) is 4.03. The van der Waals surface area contributed by atoms with Crippen LogP contribution in [-0.2, 0) is 9.53 Å². The van der Waals surface area contributed by atoms with E-state index in [0.717, 1.165) is 29.8 Å². The number of aldehydes is 1. The van der Waals surface area contributed by atoms with Gasteiger partial charge in [-0.05, 0) is 18.2 Å². The lowest BCUT2D eigenvalue weighted by atomic mass is 10.2. The van der Waals surface area contributed by atoms with Crippen molar-refractivity contribution in [1.82, 2.24) is 15.3 Å². The number of pyridine rings is 1. The highest BCUT2D eigenvalue weighted by atomic mass is 32.1. The van der Waals surface area contributed by atoms with Crippen molar-refractivity contribution in [3.63, 3.8) is 0 Å². The Morgan fingerprint density at radius 2 is 2.15 bits per heavy atom. The molecule has 0 atom stereocenters. The van der Waals surface area contributed by atoms with Crippen LogP contribution in [-0.4, -0.2) is 75.3 Å². The summed E-state index contributed by atoms with van der Waals surface area (Å²) in [4.78, 5) is 34.2. The summed E-state index contributed by atoms with van der Waals surface area (Å²) in [5, 5.41) is 6.25. The third-order valence-corrected chi connectivity index (χ3v) is 6.02. The molecule has 0 bridgehead atoms. The highest BCUT2D eigenvalue weighted by Gasteiger charge is 2.20. The normalized spacial score (nSPS) is 13.7. The van der Waals surface area contributed by atoms with Crippen molar-refractivity contribution in [2.24, 2.45) is 0 Å². The van der Waals surface area contributed by atoms with Crippen molar-refractivity contribution >= 4 is 44.6 Å². The summed E-state index contributed by atoms with van der Waals surface area (Å²) < 4.78 is 17.4. The van der Waals surface area contributed by atoms with Crippen molar-refractivity contribution in [3.05, 3.63) is 36.0 Å². The molecule has 3 heterocycles. The Hall–Kier alpha value is -3.28. The minimum Gasteiger partial charge on any atom is -0.494 e. The Labute approximate surface area is 194 Å². The van der Waals surface area contributed by atoms with Gasteiger partial charge in [0.1, 0.15) is 24.2 Å². The second kappa shape index (κ2) is 11.0. The maximum absolute atomic E-state index is 12.9. The van der Waals surface area contributed by atoms with Crippen LogP contribution >= 0.6 is 11.3 Å². The minimum absolute atomic E-state index is 0.263. The number of morpholine rings is 1. The molecule has 3 aromatic rings. The molecule has 174 valence electrons. The van der Waals surface area contributed by atoms with Gasteiger partial charge < -0.3 is 29.2 Å². The number of methoxy groups -OCH3 is 1. The molecule has 10 nitrogen and oxygen atoms in total. The van der Waals surface area contributed by atoms with Crippen molar-refractivity contribution in [3.8, 4) is 11.6 Å². The summed E-state index contributed by atoms with van der Waals surface area (Å²) in [6.07, 6.45) is 2.30. The van der Waals surface area contributed by atoms with Gasteiger partial charge in [-0.2, -0.15) is 0 Å². The number of anilines is 2. The first-order valence-corrected chi connectivity index (χ1v) is 11.4. The van der Waals surface area contributed by atoms with Crippen LogP contribution in [0.2, 0.25) is 0 Å². The maximum atomic E-state index is 12.9. The number of aromatic nitrogens is 2. The monoisotopic (exact) mass is 471 g/mol. The van der Waals surface area contributed by atoms with Crippen LogP contribution in [0.1, 0.15) is 10.4 Å². The molecule has 2 N–H and O–H groups in total. The molecule has 2 aromatic heterocycles. The average Bonchev–Trinajstić information content (AvgIpc) is 3.27. The Morgan fingerprint density at radius 1 is 1.30 bits per heavy atom. The van der Waals surface area contributed by atoms with Gasteiger partial charge in [0, 0.05) is 37.5 Å². The van der Waals surface area contributed by atoms with Gasteiger partial charge in [0.2, 0.25) is 5.88 Å². The second-order valence-electron chi connectivity index (χ2n) is 7.14. The highest BCUT2D eigenvalue weighted by Crippen LogP contribution is 2.39. The smallest absolute Gasteiger partial charge is 0.257 e. The van der Waals surface area contributed by atoms with E-state index in [4.69, 9.17) is 14.2 Å². The topological polar surface area (TPSA) is 115 Å². The van der Waals surface area contributed by atoms with E-state index in [2.05, 4.69) is 25.5 Å². The molecular weight excluding hydrogens is 446 g/mol. The number of benzene rings is 1. The molecule has 11 heteroatoms. The number of nitrogens with one attached hydrogen (secondary N) is 2. The number of ether oxygens (including phenoxy) is 3. The molecule has 0 unspecified atom stereocenters. The predicted molar refractivity (Wildman–Crippen MR) is 126 cm³/mol. The third-order valence-electron chi connectivity index (χ3n) is 5.03. The molecule has 1 fully saturated rings. The summed E-state index contributed by atoms with van der Waals surface area (Å²) in [6, 6.07) is 7.10. The van der Waals surface area contributed by atoms with Crippen LogP contribution < -0.4 is 25.0 Å². The predicted octanol–water partition coefficient (Wildman–Crippen LogP) is 1.96. The molecule has 33 heavy (non-hydrogen) atoms. The lowest BCUT2D eigenvalue weighted by molar-refractivity contribution is -0.107. The van der Waals surface area contributed by atoms with E-state index < -0.39 is 0 Å². The first-order valence-electron chi connectivity index (χ1n) is 10.5. The number of fused-ring (bicyclic) bond motifs is 1. The first kappa shape index (κ1) is 22.9. The molecule has 1 aliphatic heterocycles. The van der Waals surface area contributed by atoms with E-state index in [1.165, 1.54) is 17.5 Å². The quantitative estimate of drug-likeness (QED) is 0.338. The number of nitrogens with zero attached hydrogens (tertiary/aromatic N) is 3. The largest absolute Gasteiger partial charge is 0.494 e. The van der Waals surface area contributed by atoms with Crippen LogP contribution in [0.4, 0.5) is 10.8 Å². The molecule has 1 aliphatic rings. The Balaban J connectivity index is 1.50. The number of carbonyl (C=O) groups is 2. The van der Waals surface area contributed by atoms with E-state index >= 15 is 0 Å². The molecule has 0 spiro atoms. The summed E-state index contributed by atoms with van der Waals surface area (Å²) >= 11 is 1.41. The average molecular weight is 472 g/mol. The van der Waals surface area contributed by atoms with Crippen molar-refractivity contribution in [2.45, 2.75) is 0 Å². The number of rotatable bonds is 10. The maximum Gasteiger partial charge on any atom is 0.257 e. The molecule has 0 aliphatic carbocycles. The lowest BCUT2D eigenvalue weighted by Gasteiger charge is -2.29. The summed E-state index contributed by atoms with van der Waals surface area (Å²) in [7, 11) is 1.60. The molecule has 0 radical (unpaired) electrons. The van der Waals surface area contributed by atoms with Crippen molar-refractivity contribution in [2.75, 3.05) is 63.3 Å². The van der Waals surface area contributed by atoms with Gasteiger partial charge in [-0.25, -0.2) is 9.97 Å². The van der Waals surface area contributed by atoms with Gasteiger partial charge in [-0.1, -0.05) is 11.3 Å². The van der Waals surface area contributed by atoms with Gasteiger partial charge in [-0.15, -0.1) is 0 Å². The van der Waals surface area contributed by atoms with E-state index in [1.807, 2.05) is 12.1 Å². The Morgan fingerprint density at radius 3 is 2.94 bits per heavy atom. The molecular formula is C22H25N5O5S. The Kier molecular flexibility index (Phi) is 7.66. The second-order valence-corrected chi connectivity index (χ2v) is 8.14. The number of amides is 1. The zero-order chi connectivity index (χ0) is 23.0. The van der Waals surface area contributed by atoms with E-state index in [9.17, 15) is 9.59 Å². The van der Waals surface area contributed by atoms with Gasteiger partial charge in [0.05, 0.1) is 37.3 Å². The number of hydrogen-bond acceptors (Lipinski definition) is 10. The van der Waals surface area contributed by atoms with Crippen LogP contribution in [0.5, 0.6) is 11.6 Å². The molecule has 1 saturated heterocycles. The number of thiazole rings is 1. The minimum atomic E-state index is -0.313. The van der Waals surface area contributed by atoms with E-state index in [0.29, 0.717) is 54.2 Å². The fourth-order valence-corrected chi connectivity index (χ4v) is 4.45. The van der Waals surface area contributed by atoms with Crippen molar-refractivity contribution < 1.29 is 23.8 Å². The van der Waals surface area contributed by atoms with Crippen LogP contribution in [0.3, 0.4) is 0 Å². The molecule has 1 amide bonds. The Bertz CT molecular complexity index is 1120. The van der Waals surface area contributed by atoms with E-state index in [1.54, 1.807) is 19.2 Å². The van der Waals surface area contributed by atoms with Gasteiger partial charge >= 0.3 is 0 Å². The zero-order valence-electron chi connectivity index (χ0n) is 18.2. The van der Waals surface area contributed by atoms with Gasteiger partial charge in [-0.3, -0.25) is 10.1 Å². The SMILES string of the molecule is COc1ccc(N2CCOCC2)c2sc(NC(=O)c3ccnc(OCCNCC=O)c3)nc12. The molecule has 0 saturated carbocycles. The van der Waals surface area contributed by atoms with Gasteiger partial charge in [0.15, 0.2) is 5.13 Å². The van der Waals surface area contributed by atoms with E-state index in [-0.39, 0.29) is 12.5 Å². The first-order chi connectivity index (χ1) is 16.2. The lowest BCUT2D eigenvalue weighted by Crippen LogP contribution is -2.36. The highest BCUT2D eigenvalue weighted by molar-refractivity contribution is 7.23. The fourth-order valence-electron chi connectivity index (χ4n) is 3.43. The number of hydrogen-bond donors (Lipinski definition) is 2. The van der Waals surface area contributed by atoms with Crippen LogP contribution in [0.25, 0.3) is 10.2 Å². The van der Waals surface area contributed by atoms with Crippen LogP contribution in [0.15, 0.2) is 30.5 Å². The summed E-state index contributed by atoms with van der Waals surface area (Å²) in [5.74, 6) is 0.671. The number of carbonyl (C=O) groups excluding carboxylic acids is 2. The fraction of sp³-hybridized carbons (Fsp3) is 0.364. The third kappa shape index (κ3) is 5.56. The molecule has 4 rings (SSSR count). The zero-order valence-corrected chi connectivity index (χ0v) is 19.0. The summed E-state index contributed by atoms with van der Waals surface area (Å²) in [5.41, 5.74) is 2.17. The van der Waals surface area contributed by atoms with Crippen LogP contribution in [0, 0.1) is 0 Å². The van der Waals surface area contributed by atoms with Crippen molar-refractivity contribution in [1.29, 1.82) is 0 Å². The van der Waals surface area contributed by atoms with Gasteiger partial charge in [0.25, 0.3) is 5.91 Å². The molecule has 1 aromatic carbocycles.